The minimum absolute atomic E-state index is 0.0624. The van der Waals surface area contributed by atoms with E-state index >= 15 is 0 Å². The first-order valence-electron chi connectivity index (χ1n) is 8.32. The summed E-state index contributed by atoms with van der Waals surface area (Å²) in [6, 6.07) is 11.1. The Kier molecular flexibility index (Phi) is 8.01. The SMILES string of the molecule is COc1cc(CCNC(=O)CNC(=O)c2ccccc2Cl)ccc1OC(F)F. The molecular weight excluding hydrogens is 394 g/mol. The molecule has 0 aromatic heterocycles. The van der Waals surface area contributed by atoms with Gasteiger partial charge in [-0.1, -0.05) is 29.8 Å². The maximum Gasteiger partial charge on any atom is 0.387 e. The fourth-order valence-corrected chi connectivity index (χ4v) is 2.59. The molecule has 0 atom stereocenters. The van der Waals surface area contributed by atoms with Gasteiger partial charge in [-0.15, -0.1) is 0 Å². The number of ether oxygens (including phenoxy) is 2. The maximum absolute atomic E-state index is 12.3. The largest absolute Gasteiger partial charge is 0.493 e. The van der Waals surface area contributed by atoms with Gasteiger partial charge in [-0.25, -0.2) is 0 Å². The van der Waals surface area contributed by atoms with Crippen LogP contribution in [0.3, 0.4) is 0 Å². The lowest BCUT2D eigenvalue weighted by molar-refractivity contribution is -0.120. The van der Waals surface area contributed by atoms with Gasteiger partial charge in [-0.05, 0) is 36.2 Å². The van der Waals surface area contributed by atoms with E-state index in [4.69, 9.17) is 16.3 Å². The summed E-state index contributed by atoms with van der Waals surface area (Å²) in [4.78, 5) is 23.9. The Hall–Kier alpha value is -2.87. The van der Waals surface area contributed by atoms with Gasteiger partial charge < -0.3 is 20.1 Å². The molecule has 2 aromatic rings. The van der Waals surface area contributed by atoms with E-state index in [1.165, 1.54) is 13.2 Å². The number of hydrogen-bond acceptors (Lipinski definition) is 4. The molecule has 0 spiro atoms. The normalized spacial score (nSPS) is 10.5. The van der Waals surface area contributed by atoms with Crippen LogP contribution in [-0.4, -0.2) is 38.6 Å². The molecule has 9 heteroatoms. The molecule has 6 nitrogen and oxygen atoms in total. The summed E-state index contributed by atoms with van der Waals surface area (Å²) in [6.45, 7) is -2.85. The van der Waals surface area contributed by atoms with Crippen LogP contribution in [0, 0.1) is 0 Å². The Morgan fingerprint density at radius 2 is 1.86 bits per heavy atom. The summed E-state index contributed by atoms with van der Waals surface area (Å²) in [7, 11) is 1.35. The van der Waals surface area contributed by atoms with Gasteiger partial charge in [-0.2, -0.15) is 8.78 Å². The highest BCUT2D eigenvalue weighted by molar-refractivity contribution is 6.33. The van der Waals surface area contributed by atoms with Gasteiger partial charge in [-0.3, -0.25) is 9.59 Å². The average Bonchev–Trinajstić information content (AvgIpc) is 2.67. The van der Waals surface area contributed by atoms with E-state index in [1.807, 2.05) is 0 Å². The van der Waals surface area contributed by atoms with Crippen LogP contribution in [0.2, 0.25) is 5.02 Å². The van der Waals surface area contributed by atoms with Crippen LogP contribution in [0.15, 0.2) is 42.5 Å². The first-order chi connectivity index (χ1) is 13.4. The minimum atomic E-state index is -2.94. The Labute approximate surface area is 165 Å². The highest BCUT2D eigenvalue weighted by atomic mass is 35.5. The van der Waals surface area contributed by atoms with Crippen LogP contribution < -0.4 is 20.1 Å². The molecule has 150 valence electrons. The molecule has 0 radical (unpaired) electrons. The predicted molar refractivity (Wildman–Crippen MR) is 100 cm³/mol. The van der Waals surface area contributed by atoms with E-state index in [-0.39, 0.29) is 29.5 Å². The molecule has 0 aliphatic rings. The topological polar surface area (TPSA) is 76.7 Å². The molecule has 2 rings (SSSR count). The van der Waals surface area contributed by atoms with Crippen molar-refractivity contribution < 1.29 is 27.8 Å². The lowest BCUT2D eigenvalue weighted by Crippen LogP contribution is -2.37. The number of methoxy groups -OCH3 is 1. The third-order valence-corrected chi connectivity index (χ3v) is 4.04. The van der Waals surface area contributed by atoms with Crippen molar-refractivity contribution in [2.24, 2.45) is 0 Å². The van der Waals surface area contributed by atoms with E-state index in [2.05, 4.69) is 15.4 Å². The molecule has 0 aliphatic heterocycles. The standard InChI is InChI=1S/C19H19ClF2N2O4/c1-27-16-10-12(6-7-15(16)28-19(21)22)8-9-23-17(25)11-24-18(26)13-4-2-3-5-14(13)20/h2-7,10,19H,8-9,11H2,1H3,(H,23,25)(H,24,26). The maximum atomic E-state index is 12.3. The van der Waals surface area contributed by atoms with Crippen molar-refractivity contribution in [3.05, 3.63) is 58.6 Å². The monoisotopic (exact) mass is 412 g/mol. The van der Waals surface area contributed by atoms with Crippen molar-refractivity contribution in [1.82, 2.24) is 10.6 Å². The van der Waals surface area contributed by atoms with Gasteiger partial charge in [0.1, 0.15) is 0 Å². The third kappa shape index (κ3) is 6.38. The smallest absolute Gasteiger partial charge is 0.387 e. The average molecular weight is 413 g/mol. The summed E-state index contributed by atoms with van der Waals surface area (Å²) in [5.74, 6) is -0.700. The lowest BCUT2D eigenvalue weighted by Gasteiger charge is -2.12. The fourth-order valence-electron chi connectivity index (χ4n) is 2.37. The molecule has 0 bridgehead atoms. The predicted octanol–water partition coefficient (Wildman–Crippen LogP) is 3.04. The van der Waals surface area contributed by atoms with Crippen LogP contribution in [0.1, 0.15) is 15.9 Å². The highest BCUT2D eigenvalue weighted by Gasteiger charge is 2.12. The van der Waals surface area contributed by atoms with Gasteiger partial charge in [0.15, 0.2) is 11.5 Å². The van der Waals surface area contributed by atoms with E-state index in [9.17, 15) is 18.4 Å². The molecule has 0 unspecified atom stereocenters. The van der Waals surface area contributed by atoms with Crippen LogP contribution in [0.25, 0.3) is 0 Å². The van der Waals surface area contributed by atoms with Crippen molar-refractivity contribution in [2.75, 3.05) is 20.2 Å². The van der Waals surface area contributed by atoms with Crippen LogP contribution in [0.4, 0.5) is 8.78 Å². The first-order valence-corrected chi connectivity index (χ1v) is 8.69. The van der Waals surface area contributed by atoms with Crippen molar-refractivity contribution in [3.63, 3.8) is 0 Å². The molecule has 2 aromatic carbocycles. The zero-order chi connectivity index (χ0) is 20.5. The van der Waals surface area contributed by atoms with Gasteiger partial charge in [0.2, 0.25) is 5.91 Å². The molecule has 0 aliphatic carbocycles. The van der Waals surface area contributed by atoms with Crippen LogP contribution in [0.5, 0.6) is 11.5 Å². The summed E-state index contributed by atoms with van der Waals surface area (Å²) < 4.78 is 34.0. The molecule has 0 saturated carbocycles. The minimum Gasteiger partial charge on any atom is -0.493 e. The summed E-state index contributed by atoms with van der Waals surface area (Å²) in [5.41, 5.74) is 1.05. The number of carbonyl (C=O) groups is 2. The van der Waals surface area contributed by atoms with E-state index in [0.717, 1.165) is 5.56 Å². The van der Waals surface area contributed by atoms with Gasteiger partial charge in [0.25, 0.3) is 5.91 Å². The van der Waals surface area contributed by atoms with E-state index < -0.39 is 12.5 Å². The number of carbonyl (C=O) groups excluding carboxylic acids is 2. The Bertz CT molecular complexity index is 833. The van der Waals surface area contributed by atoms with Crippen molar-refractivity contribution in [1.29, 1.82) is 0 Å². The van der Waals surface area contributed by atoms with Gasteiger partial charge >= 0.3 is 6.61 Å². The fraction of sp³-hybridized carbons (Fsp3) is 0.263. The summed E-state index contributed by atoms with van der Waals surface area (Å²) in [5, 5.41) is 5.45. The lowest BCUT2D eigenvalue weighted by atomic mass is 10.1. The van der Waals surface area contributed by atoms with E-state index in [1.54, 1.807) is 36.4 Å². The zero-order valence-electron chi connectivity index (χ0n) is 15.0. The second-order valence-corrected chi connectivity index (χ2v) is 6.03. The van der Waals surface area contributed by atoms with Crippen molar-refractivity contribution in [2.45, 2.75) is 13.0 Å². The first kappa shape index (κ1) is 21.4. The van der Waals surface area contributed by atoms with Gasteiger partial charge in [0.05, 0.1) is 24.2 Å². The van der Waals surface area contributed by atoms with E-state index in [0.29, 0.717) is 18.0 Å². The number of benzene rings is 2. The molecule has 2 amide bonds. The van der Waals surface area contributed by atoms with Crippen molar-refractivity contribution in [3.8, 4) is 11.5 Å². The second kappa shape index (κ2) is 10.5. The molecule has 0 heterocycles. The number of alkyl halides is 2. The Balaban J connectivity index is 1.79. The zero-order valence-corrected chi connectivity index (χ0v) is 15.8. The third-order valence-electron chi connectivity index (χ3n) is 3.71. The molecular formula is C19H19ClF2N2O4. The molecule has 28 heavy (non-hydrogen) atoms. The number of amides is 2. The van der Waals surface area contributed by atoms with Crippen LogP contribution in [-0.2, 0) is 11.2 Å². The van der Waals surface area contributed by atoms with Gasteiger partial charge in [0, 0.05) is 6.54 Å². The number of halogens is 3. The number of hydrogen-bond donors (Lipinski definition) is 2. The Morgan fingerprint density at radius 3 is 2.54 bits per heavy atom. The summed E-state index contributed by atoms with van der Waals surface area (Å²) >= 11 is 5.93. The summed E-state index contributed by atoms with van der Waals surface area (Å²) in [6.07, 6.45) is 0.440. The second-order valence-electron chi connectivity index (χ2n) is 5.63. The highest BCUT2D eigenvalue weighted by Crippen LogP contribution is 2.29. The number of rotatable bonds is 9. The van der Waals surface area contributed by atoms with Crippen LogP contribution >= 0.6 is 11.6 Å². The van der Waals surface area contributed by atoms with Crippen molar-refractivity contribution >= 4 is 23.4 Å². The Morgan fingerprint density at radius 1 is 1.11 bits per heavy atom. The molecule has 0 saturated heterocycles. The number of nitrogens with one attached hydrogen (secondary N) is 2. The quantitative estimate of drug-likeness (QED) is 0.663. The molecule has 0 fully saturated rings. The molecule has 2 N–H and O–H groups in total.